The third-order valence-corrected chi connectivity index (χ3v) is 6.35. The first-order valence-electron chi connectivity index (χ1n) is 9.92. The van der Waals surface area contributed by atoms with E-state index in [4.69, 9.17) is 9.15 Å². The number of carbonyl (C=O) groups excluding carboxylic acids is 1. The van der Waals surface area contributed by atoms with Gasteiger partial charge in [0.2, 0.25) is 0 Å². The lowest BCUT2D eigenvalue weighted by atomic mass is 10.0. The van der Waals surface area contributed by atoms with Gasteiger partial charge in [0.25, 0.3) is 5.91 Å². The highest BCUT2D eigenvalue weighted by molar-refractivity contribution is 5.89. The van der Waals surface area contributed by atoms with Gasteiger partial charge >= 0.3 is 5.63 Å². The first-order valence-corrected chi connectivity index (χ1v) is 9.92. The van der Waals surface area contributed by atoms with Crippen molar-refractivity contribution >= 4 is 16.9 Å². The molecule has 2 fully saturated rings. The quantitative estimate of drug-likeness (QED) is 0.822. The second kappa shape index (κ2) is 6.92. The average Bonchev–Trinajstić information content (AvgIpc) is 3.15. The first-order chi connectivity index (χ1) is 13.2. The van der Waals surface area contributed by atoms with Crippen LogP contribution in [0.2, 0.25) is 0 Å². The molecule has 4 rings (SSSR count). The van der Waals surface area contributed by atoms with E-state index in [0.29, 0.717) is 41.8 Å². The molecule has 2 heterocycles. The summed E-state index contributed by atoms with van der Waals surface area (Å²) in [5.41, 5.74) is 2.39. The first kappa shape index (κ1) is 19.0. The number of amides is 1. The number of fused-ring (bicyclic) bond motifs is 2. The Balaban J connectivity index is 1.59. The van der Waals surface area contributed by atoms with Crippen molar-refractivity contribution in [3.63, 3.8) is 0 Å². The SMILES string of the molecule is Cc1cc(OC(C)C(=O)N2C[C@H]3CC(O)C[C@H]3C2)c2c(C)c(C)c(=O)oc2c1. The zero-order valence-electron chi connectivity index (χ0n) is 16.8. The van der Waals surface area contributed by atoms with Crippen LogP contribution in [0.3, 0.4) is 0 Å². The van der Waals surface area contributed by atoms with Crippen molar-refractivity contribution in [3.8, 4) is 5.75 Å². The molecule has 4 atom stereocenters. The van der Waals surface area contributed by atoms with Gasteiger partial charge in [-0.2, -0.15) is 0 Å². The molecule has 0 spiro atoms. The van der Waals surface area contributed by atoms with Gasteiger partial charge in [-0.15, -0.1) is 0 Å². The van der Waals surface area contributed by atoms with E-state index in [1.807, 2.05) is 30.9 Å². The van der Waals surface area contributed by atoms with E-state index < -0.39 is 6.10 Å². The van der Waals surface area contributed by atoms with Crippen LogP contribution in [0.4, 0.5) is 0 Å². The molecule has 6 nitrogen and oxygen atoms in total. The van der Waals surface area contributed by atoms with Crippen LogP contribution in [0.1, 0.15) is 36.5 Å². The van der Waals surface area contributed by atoms with Crippen LogP contribution >= 0.6 is 0 Å². The van der Waals surface area contributed by atoms with Gasteiger partial charge in [0.15, 0.2) is 6.10 Å². The smallest absolute Gasteiger partial charge is 0.339 e. The number of hydrogen-bond donors (Lipinski definition) is 1. The summed E-state index contributed by atoms with van der Waals surface area (Å²) < 4.78 is 11.5. The maximum atomic E-state index is 13.0. The van der Waals surface area contributed by atoms with E-state index in [-0.39, 0.29) is 17.6 Å². The van der Waals surface area contributed by atoms with Gasteiger partial charge in [0, 0.05) is 18.7 Å². The number of ether oxygens (including phenoxy) is 1. The molecular formula is C22H27NO5. The Bertz CT molecular complexity index is 981. The Morgan fingerprint density at radius 2 is 1.82 bits per heavy atom. The molecule has 2 aromatic rings. The fourth-order valence-corrected chi connectivity index (χ4v) is 4.73. The van der Waals surface area contributed by atoms with Crippen molar-refractivity contribution in [1.29, 1.82) is 0 Å². The van der Waals surface area contributed by atoms with Gasteiger partial charge in [0.05, 0.1) is 11.5 Å². The summed E-state index contributed by atoms with van der Waals surface area (Å²) >= 11 is 0. The molecule has 150 valence electrons. The van der Waals surface area contributed by atoms with Crippen molar-refractivity contribution in [3.05, 3.63) is 39.2 Å². The van der Waals surface area contributed by atoms with E-state index in [1.54, 1.807) is 13.8 Å². The number of likely N-dealkylation sites (tertiary alicyclic amines) is 1. The minimum absolute atomic E-state index is 0.0368. The van der Waals surface area contributed by atoms with E-state index in [2.05, 4.69) is 0 Å². The van der Waals surface area contributed by atoms with Crippen molar-refractivity contribution in [2.45, 2.75) is 52.7 Å². The molecule has 1 aliphatic carbocycles. The number of carbonyl (C=O) groups is 1. The van der Waals surface area contributed by atoms with Crippen LogP contribution in [0, 0.1) is 32.6 Å². The summed E-state index contributed by atoms with van der Waals surface area (Å²) in [4.78, 5) is 26.8. The van der Waals surface area contributed by atoms with Crippen LogP contribution < -0.4 is 10.4 Å². The molecule has 0 radical (unpaired) electrons. The predicted molar refractivity (Wildman–Crippen MR) is 106 cm³/mol. The number of nitrogens with zero attached hydrogens (tertiary/aromatic N) is 1. The number of aliphatic hydroxyl groups is 1. The molecule has 1 saturated heterocycles. The third kappa shape index (κ3) is 3.20. The lowest BCUT2D eigenvalue weighted by molar-refractivity contribution is -0.137. The minimum Gasteiger partial charge on any atom is -0.480 e. The Morgan fingerprint density at radius 1 is 1.18 bits per heavy atom. The molecule has 1 amide bonds. The molecule has 1 aromatic carbocycles. The maximum Gasteiger partial charge on any atom is 0.339 e. The summed E-state index contributed by atoms with van der Waals surface area (Å²) in [6, 6.07) is 3.70. The average molecular weight is 385 g/mol. The highest BCUT2D eigenvalue weighted by Gasteiger charge is 2.42. The number of benzene rings is 1. The van der Waals surface area contributed by atoms with E-state index in [0.717, 1.165) is 29.4 Å². The van der Waals surface area contributed by atoms with Crippen LogP contribution in [-0.4, -0.2) is 41.2 Å². The highest BCUT2D eigenvalue weighted by Crippen LogP contribution is 2.38. The number of aliphatic hydroxyl groups excluding tert-OH is 1. The molecule has 1 aliphatic heterocycles. The lowest BCUT2D eigenvalue weighted by Gasteiger charge is -2.23. The topological polar surface area (TPSA) is 80.0 Å². The van der Waals surface area contributed by atoms with E-state index in [9.17, 15) is 14.7 Å². The molecule has 28 heavy (non-hydrogen) atoms. The summed E-state index contributed by atoms with van der Waals surface area (Å²) in [7, 11) is 0. The van der Waals surface area contributed by atoms with Gasteiger partial charge in [-0.3, -0.25) is 4.79 Å². The lowest BCUT2D eigenvalue weighted by Crippen LogP contribution is -2.39. The number of aryl methyl sites for hydroxylation is 2. The van der Waals surface area contributed by atoms with Crippen LogP contribution in [0.25, 0.3) is 11.0 Å². The molecule has 6 heteroatoms. The molecule has 2 aliphatic rings. The normalized spacial score (nSPS) is 25.2. The molecule has 1 aromatic heterocycles. The largest absolute Gasteiger partial charge is 0.480 e. The Hall–Kier alpha value is -2.34. The zero-order chi connectivity index (χ0) is 20.2. The van der Waals surface area contributed by atoms with Gasteiger partial charge in [0.1, 0.15) is 11.3 Å². The second-order valence-corrected chi connectivity index (χ2v) is 8.42. The number of hydrogen-bond acceptors (Lipinski definition) is 5. The van der Waals surface area contributed by atoms with Crippen molar-refractivity contribution in [2.24, 2.45) is 11.8 Å². The van der Waals surface area contributed by atoms with Crippen LogP contribution in [0.5, 0.6) is 5.75 Å². The van der Waals surface area contributed by atoms with Crippen LogP contribution in [-0.2, 0) is 4.79 Å². The number of rotatable bonds is 3. The predicted octanol–water partition coefficient (Wildman–Crippen LogP) is 2.71. The Morgan fingerprint density at radius 3 is 2.46 bits per heavy atom. The fourth-order valence-electron chi connectivity index (χ4n) is 4.73. The summed E-state index contributed by atoms with van der Waals surface area (Å²) in [6.45, 7) is 8.65. The van der Waals surface area contributed by atoms with Gasteiger partial charge in [-0.05, 0) is 75.6 Å². The zero-order valence-corrected chi connectivity index (χ0v) is 16.8. The van der Waals surface area contributed by atoms with Crippen LogP contribution in [0.15, 0.2) is 21.3 Å². The molecular weight excluding hydrogens is 358 g/mol. The maximum absolute atomic E-state index is 13.0. The summed E-state index contributed by atoms with van der Waals surface area (Å²) in [5.74, 6) is 1.32. The van der Waals surface area contributed by atoms with Gasteiger partial charge in [-0.25, -0.2) is 4.79 Å². The second-order valence-electron chi connectivity index (χ2n) is 8.42. The van der Waals surface area contributed by atoms with Crippen molar-refractivity contribution < 1.29 is 19.1 Å². The minimum atomic E-state index is -0.639. The van der Waals surface area contributed by atoms with E-state index in [1.165, 1.54) is 0 Å². The summed E-state index contributed by atoms with van der Waals surface area (Å²) in [5, 5.41) is 10.5. The highest BCUT2D eigenvalue weighted by atomic mass is 16.5. The molecule has 0 bridgehead atoms. The van der Waals surface area contributed by atoms with Gasteiger partial charge in [-0.1, -0.05) is 0 Å². The van der Waals surface area contributed by atoms with E-state index >= 15 is 0 Å². The fraction of sp³-hybridized carbons (Fsp3) is 0.545. The molecule has 1 saturated carbocycles. The standard InChI is InChI=1S/C22H27NO5/c1-11-5-18(20-12(2)13(3)22(26)28-19(20)6-11)27-14(4)21(25)23-9-15-7-17(24)8-16(15)10-23/h5-6,14-17,24H,7-10H2,1-4H3/t14?,15-,16+,17?. The monoisotopic (exact) mass is 385 g/mol. The molecule has 1 N–H and O–H groups in total. The Labute approximate surface area is 164 Å². The third-order valence-electron chi connectivity index (χ3n) is 6.35. The Kier molecular flexibility index (Phi) is 4.70. The van der Waals surface area contributed by atoms with Gasteiger partial charge < -0.3 is 19.2 Å². The summed E-state index contributed by atoms with van der Waals surface area (Å²) in [6.07, 6.45) is 0.703. The van der Waals surface area contributed by atoms with Crippen molar-refractivity contribution in [2.75, 3.05) is 13.1 Å². The van der Waals surface area contributed by atoms with Crippen molar-refractivity contribution in [1.82, 2.24) is 4.90 Å². The molecule has 2 unspecified atom stereocenters.